The number of amides is 2. The van der Waals surface area contributed by atoms with Crippen LogP contribution in [0, 0.1) is 0 Å². The van der Waals surface area contributed by atoms with Crippen LogP contribution in [0.5, 0.6) is 0 Å². The Balaban J connectivity index is 0.000000299. The molecule has 0 radical (unpaired) electrons. The number of aldehydes is 2. The summed E-state index contributed by atoms with van der Waals surface area (Å²) in [6, 6.07) is 28.4. The van der Waals surface area contributed by atoms with Crippen molar-refractivity contribution in [3.63, 3.8) is 0 Å². The Morgan fingerprint density at radius 3 is 1.55 bits per heavy atom. The van der Waals surface area contributed by atoms with Gasteiger partial charge in [0.2, 0.25) is 0 Å². The number of rotatable bonds is 10. The summed E-state index contributed by atoms with van der Waals surface area (Å²) in [6.07, 6.45) is 0.910. The van der Waals surface area contributed by atoms with Gasteiger partial charge in [-0.3, -0.25) is 4.79 Å². The third-order valence-electron chi connectivity index (χ3n) is 5.24. The lowest BCUT2D eigenvalue weighted by Gasteiger charge is -2.16. The minimum atomic E-state index is -0.870. The van der Waals surface area contributed by atoms with Gasteiger partial charge in [0.1, 0.15) is 25.8 Å². The Hall–Kier alpha value is -4.72. The molecule has 0 aliphatic heterocycles. The topological polar surface area (TPSA) is 139 Å². The Morgan fingerprint density at radius 1 is 0.763 bits per heavy atom. The number of hydrogen-bond acceptors (Lipinski definition) is 6. The Kier molecular flexibility index (Phi) is 15.3. The number of benzene rings is 3. The molecule has 2 amide bonds. The van der Waals surface area contributed by atoms with Crippen molar-refractivity contribution >= 4 is 30.3 Å². The van der Waals surface area contributed by atoms with Crippen molar-refractivity contribution in [1.82, 2.24) is 0 Å². The predicted molar refractivity (Wildman–Crippen MR) is 147 cm³/mol. The molecular formula is C30H34N2O6. The molecule has 0 aliphatic carbocycles. The maximum atomic E-state index is 10.5. The highest BCUT2D eigenvalue weighted by Crippen LogP contribution is 2.17. The van der Waals surface area contributed by atoms with E-state index in [-0.39, 0.29) is 25.0 Å². The van der Waals surface area contributed by atoms with E-state index in [2.05, 4.69) is 6.58 Å². The second kappa shape index (κ2) is 18.5. The highest BCUT2D eigenvalue weighted by atomic mass is 16.6. The molecule has 0 fully saturated rings. The standard InChI is InChI=1S/C11H14N2O4.C10H12O.C9H8O/c12-10(14)16-6-9(7-17-11(13)15)8-4-2-1-3-5-8;1-2-9(8-11)10-6-4-3-5-7-10;1-8(7-10)9-5-3-2-4-6-9/h1-5,9H,6-7H2,(H2,12,14)(H2,13,15);3-9H,2H2,1H3;2-7H,1H2. The second-order valence-corrected chi connectivity index (χ2v) is 7.94. The van der Waals surface area contributed by atoms with E-state index in [4.69, 9.17) is 20.9 Å². The van der Waals surface area contributed by atoms with E-state index in [1.807, 2.05) is 97.9 Å². The van der Waals surface area contributed by atoms with E-state index in [0.717, 1.165) is 35.7 Å². The van der Waals surface area contributed by atoms with Crippen molar-refractivity contribution in [2.24, 2.45) is 11.5 Å². The highest BCUT2D eigenvalue weighted by Gasteiger charge is 2.15. The quantitative estimate of drug-likeness (QED) is 0.278. The molecule has 4 N–H and O–H groups in total. The van der Waals surface area contributed by atoms with Crippen LogP contribution >= 0.6 is 0 Å². The van der Waals surface area contributed by atoms with E-state index in [1.54, 1.807) is 0 Å². The first-order chi connectivity index (χ1) is 18.3. The highest BCUT2D eigenvalue weighted by molar-refractivity contribution is 6.05. The Labute approximate surface area is 223 Å². The minimum absolute atomic E-state index is 0.0344. The first kappa shape index (κ1) is 31.3. The van der Waals surface area contributed by atoms with Gasteiger partial charge in [0, 0.05) is 11.5 Å². The molecule has 200 valence electrons. The molecule has 8 heteroatoms. The molecule has 0 aliphatic rings. The van der Waals surface area contributed by atoms with Crippen molar-refractivity contribution in [1.29, 1.82) is 0 Å². The number of carbonyl (C=O) groups is 4. The number of carbonyl (C=O) groups excluding carboxylic acids is 4. The van der Waals surface area contributed by atoms with Gasteiger partial charge in [0.25, 0.3) is 0 Å². The lowest BCUT2D eigenvalue weighted by atomic mass is 9.98. The first-order valence-electron chi connectivity index (χ1n) is 11.9. The molecule has 3 rings (SSSR count). The minimum Gasteiger partial charge on any atom is -0.449 e. The van der Waals surface area contributed by atoms with Gasteiger partial charge < -0.3 is 25.7 Å². The van der Waals surface area contributed by atoms with Crippen LogP contribution < -0.4 is 11.5 Å². The summed E-state index contributed by atoms with van der Waals surface area (Å²) in [5.74, 6) is -0.201. The van der Waals surface area contributed by atoms with Crippen molar-refractivity contribution in [2.75, 3.05) is 13.2 Å². The number of allylic oxidation sites excluding steroid dienone is 1. The third-order valence-corrected chi connectivity index (χ3v) is 5.24. The molecule has 0 saturated heterocycles. The van der Waals surface area contributed by atoms with Crippen molar-refractivity contribution in [3.8, 4) is 0 Å². The number of hydrogen-bond donors (Lipinski definition) is 2. The van der Waals surface area contributed by atoms with Gasteiger partial charge in [-0.05, 0) is 23.1 Å². The fraction of sp³-hybridized carbons (Fsp3) is 0.200. The molecule has 1 unspecified atom stereocenters. The van der Waals surface area contributed by atoms with Crippen molar-refractivity contribution < 1.29 is 28.7 Å². The SMILES string of the molecule is C=C(C=O)c1ccccc1.CCC(C=O)c1ccccc1.NC(=O)OCC(COC(N)=O)c1ccccc1. The van der Waals surface area contributed by atoms with E-state index < -0.39 is 12.2 Å². The van der Waals surface area contributed by atoms with Gasteiger partial charge in [0.15, 0.2) is 0 Å². The average molecular weight is 519 g/mol. The molecule has 3 aromatic carbocycles. The Bertz CT molecular complexity index is 1100. The van der Waals surface area contributed by atoms with E-state index in [0.29, 0.717) is 5.57 Å². The van der Waals surface area contributed by atoms with Crippen LogP contribution in [0.1, 0.15) is 41.9 Å². The molecular weight excluding hydrogens is 484 g/mol. The lowest BCUT2D eigenvalue weighted by molar-refractivity contribution is -0.109. The lowest BCUT2D eigenvalue weighted by Crippen LogP contribution is -2.23. The van der Waals surface area contributed by atoms with Crippen LogP contribution in [-0.2, 0) is 19.1 Å². The second-order valence-electron chi connectivity index (χ2n) is 7.94. The summed E-state index contributed by atoms with van der Waals surface area (Å²) in [7, 11) is 0. The van der Waals surface area contributed by atoms with E-state index in [1.165, 1.54) is 0 Å². The fourth-order valence-electron chi connectivity index (χ4n) is 3.16. The molecule has 1 atom stereocenters. The molecule has 0 heterocycles. The zero-order valence-corrected chi connectivity index (χ0v) is 21.4. The maximum absolute atomic E-state index is 10.5. The van der Waals surface area contributed by atoms with E-state index >= 15 is 0 Å². The van der Waals surface area contributed by atoms with Crippen LogP contribution in [0.3, 0.4) is 0 Å². The number of primary amides is 2. The van der Waals surface area contributed by atoms with Gasteiger partial charge in [0.05, 0.1) is 5.92 Å². The van der Waals surface area contributed by atoms with Crippen LogP contribution in [0.2, 0.25) is 0 Å². The first-order valence-corrected chi connectivity index (χ1v) is 11.9. The van der Waals surface area contributed by atoms with Gasteiger partial charge in [-0.15, -0.1) is 0 Å². The number of ether oxygens (including phenoxy) is 2. The van der Waals surface area contributed by atoms with Crippen LogP contribution in [0.25, 0.3) is 5.57 Å². The van der Waals surface area contributed by atoms with Crippen molar-refractivity contribution in [2.45, 2.75) is 25.2 Å². The monoisotopic (exact) mass is 518 g/mol. The summed E-state index contributed by atoms with van der Waals surface area (Å²) in [5.41, 5.74) is 13.2. The summed E-state index contributed by atoms with van der Waals surface area (Å²) in [4.78, 5) is 41.8. The third kappa shape index (κ3) is 12.8. The smallest absolute Gasteiger partial charge is 0.404 e. The van der Waals surface area contributed by atoms with Gasteiger partial charge in [-0.25, -0.2) is 9.59 Å². The normalized spacial score (nSPS) is 10.4. The summed E-state index contributed by atoms with van der Waals surface area (Å²) in [5, 5.41) is 0. The average Bonchev–Trinajstić information content (AvgIpc) is 2.95. The summed E-state index contributed by atoms with van der Waals surface area (Å²) in [6.45, 7) is 5.66. The molecule has 0 aromatic heterocycles. The molecule has 3 aromatic rings. The predicted octanol–water partition coefficient (Wildman–Crippen LogP) is 5.24. The Morgan fingerprint density at radius 2 is 1.18 bits per heavy atom. The van der Waals surface area contributed by atoms with Gasteiger partial charge in [-0.2, -0.15) is 0 Å². The maximum Gasteiger partial charge on any atom is 0.404 e. The molecule has 8 nitrogen and oxygen atoms in total. The molecule has 38 heavy (non-hydrogen) atoms. The van der Waals surface area contributed by atoms with E-state index in [9.17, 15) is 19.2 Å². The van der Waals surface area contributed by atoms with Gasteiger partial charge in [-0.1, -0.05) is 104 Å². The molecule has 0 bridgehead atoms. The summed E-state index contributed by atoms with van der Waals surface area (Å²) >= 11 is 0. The van der Waals surface area contributed by atoms with Crippen LogP contribution in [0.4, 0.5) is 9.59 Å². The zero-order valence-electron chi connectivity index (χ0n) is 21.4. The largest absolute Gasteiger partial charge is 0.449 e. The summed E-state index contributed by atoms with van der Waals surface area (Å²) < 4.78 is 9.39. The van der Waals surface area contributed by atoms with Crippen LogP contribution in [-0.4, -0.2) is 38.0 Å². The number of nitrogens with two attached hydrogens (primary N) is 2. The van der Waals surface area contributed by atoms with Crippen molar-refractivity contribution in [3.05, 3.63) is 114 Å². The fourth-order valence-corrected chi connectivity index (χ4v) is 3.16. The molecule has 0 spiro atoms. The van der Waals surface area contributed by atoms with Gasteiger partial charge >= 0.3 is 12.2 Å². The molecule has 0 saturated carbocycles. The zero-order chi connectivity index (χ0) is 28.2. The van der Waals surface area contributed by atoms with Crippen LogP contribution in [0.15, 0.2) is 97.6 Å².